The Labute approximate surface area is 177 Å². The molecule has 146 valence electrons. The molecule has 0 aliphatic rings. The van der Waals surface area contributed by atoms with Crippen molar-refractivity contribution in [2.24, 2.45) is 4.99 Å². The summed E-state index contributed by atoms with van der Waals surface area (Å²) in [5, 5.41) is 8.95. The maximum Gasteiger partial charge on any atom is 0.243 e. The van der Waals surface area contributed by atoms with E-state index in [1.165, 1.54) is 5.56 Å². The van der Waals surface area contributed by atoms with Crippen LogP contribution in [0.15, 0.2) is 47.7 Å². The van der Waals surface area contributed by atoms with Gasteiger partial charge in [0.25, 0.3) is 0 Å². The van der Waals surface area contributed by atoms with Crippen molar-refractivity contribution in [3.05, 3.63) is 53.9 Å². The first kappa shape index (κ1) is 22.7. The lowest BCUT2D eigenvalue weighted by Crippen LogP contribution is -2.42. The van der Waals surface area contributed by atoms with Crippen molar-refractivity contribution in [1.82, 2.24) is 15.6 Å². The standard InChI is InChI=1S/C19H25N5O2.HI/c1-14-6-7-17(26-3)15(11-14)8-10-22-19(20-2)23-13-18(25)24-16-5-4-9-21-12-16;/h4-7,9,11-12H,8,10,13H2,1-3H3,(H,24,25)(H2,20,22,23);1H. The van der Waals surface area contributed by atoms with Crippen LogP contribution in [0.25, 0.3) is 0 Å². The number of pyridine rings is 1. The van der Waals surface area contributed by atoms with E-state index in [9.17, 15) is 4.79 Å². The highest BCUT2D eigenvalue weighted by atomic mass is 127. The van der Waals surface area contributed by atoms with Crippen LogP contribution >= 0.6 is 24.0 Å². The van der Waals surface area contributed by atoms with Crippen LogP contribution in [-0.2, 0) is 11.2 Å². The highest BCUT2D eigenvalue weighted by molar-refractivity contribution is 14.0. The van der Waals surface area contributed by atoms with Gasteiger partial charge in [-0.3, -0.25) is 14.8 Å². The Balaban J connectivity index is 0.00000364. The van der Waals surface area contributed by atoms with Gasteiger partial charge in [-0.25, -0.2) is 0 Å². The van der Waals surface area contributed by atoms with Crippen LogP contribution in [0.2, 0.25) is 0 Å². The number of ether oxygens (including phenoxy) is 1. The lowest BCUT2D eigenvalue weighted by atomic mass is 10.1. The number of nitrogens with zero attached hydrogens (tertiary/aromatic N) is 2. The molecular formula is C19H26IN5O2. The zero-order chi connectivity index (χ0) is 18.8. The molecule has 3 N–H and O–H groups in total. The van der Waals surface area contributed by atoms with Gasteiger partial charge in [0.1, 0.15) is 5.75 Å². The van der Waals surface area contributed by atoms with Gasteiger partial charge in [0.05, 0.1) is 25.5 Å². The Bertz CT molecular complexity index is 753. The molecule has 27 heavy (non-hydrogen) atoms. The normalized spacial score (nSPS) is 10.6. The summed E-state index contributed by atoms with van der Waals surface area (Å²) in [6, 6.07) is 9.66. The summed E-state index contributed by atoms with van der Waals surface area (Å²) in [5.41, 5.74) is 2.98. The molecule has 2 rings (SSSR count). The summed E-state index contributed by atoms with van der Waals surface area (Å²) in [4.78, 5) is 20.0. The third kappa shape index (κ3) is 7.81. The van der Waals surface area contributed by atoms with E-state index < -0.39 is 0 Å². The number of amides is 1. The van der Waals surface area contributed by atoms with Crippen molar-refractivity contribution >= 4 is 41.5 Å². The van der Waals surface area contributed by atoms with Gasteiger partial charge in [0.2, 0.25) is 5.91 Å². The molecule has 0 aliphatic heterocycles. The third-order valence-corrected chi connectivity index (χ3v) is 3.71. The predicted octanol–water partition coefficient (Wildman–Crippen LogP) is 2.36. The molecular weight excluding hydrogens is 457 g/mol. The topological polar surface area (TPSA) is 87.6 Å². The van der Waals surface area contributed by atoms with Crippen molar-refractivity contribution in [3.63, 3.8) is 0 Å². The fraction of sp³-hybridized carbons (Fsp3) is 0.316. The molecule has 0 unspecified atom stereocenters. The van der Waals surface area contributed by atoms with Crippen LogP contribution < -0.4 is 20.7 Å². The van der Waals surface area contributed by atoms with Gasteiger partial charge in [0, 0.05) is 19.8 Å². The van der Waals surface area contributed by atoms with Crippen LogP contribution in [0.5, 0.6) is 5.75 Å². The van der Waals surface area contributed by atoms with Crippen LogP contribution in [0, 0.1) is 6.92 Å². The number of hydrogen-bond acceptors (Lipinski definition) is 4. The Hall–Kier alpha value is -2.36. The summed E-state index contributed by atoms with van der Waals surface area (Å²) in [5.74, 6) is 1.27. The van der Waals surface area contributed by atoms with Crippen LogP contribution in [0.1, 0.15) is 11.1 Å². The maximum absolute atomic E-state index is 11.9. The summed E-state index contributed by atoms with van der Waals surface area (Å²) < 4.78 is 5.39. The third-order valence-electron chi connectivity index (χ3n) is 3.71. The van der Waals surface area contributed by atoms with E-state index in [2.05, 4.69) is 38.9 Å². The molecule has 0 radical (unpaired) electrons. The van der Waals surface area contributed by atoms with Crippen molar-refractivity contribution in [1.29, 1.82) is 0 Å². The van der Waals surface area contributed by atoms with Gasteiger partial charge in [-0.2, -0.15) is 0 Å². The van der Waals surface area contributed by atoms with E-state index in [1.54, 1.807) is 38.7 Å². The number of halogens is 1. The molecule has 0 fully saturated rings. The summed E-state index contributed by atoms with van der Waals surface area (Å²) >= 11 is 0. The first-order valence-electron chi connectivity index (χ1n) is 8.40. The molecule has 0 saturated heterocycles. The largest absolute Gasteiger partial charge is 0.496 e. The number of rotatable bonds is 7. The Morgan fingerprint density at radius 1 is 1.26 bits per heavy atom. The average Bonchev–Trinajstić information content (AvgIpc) is 2.65. The zero-order valence-corrected chi connectivity index (χ0v) is 18.1. The van der Waals surface area contributed by atoms with Gasteiger partial charge in [0.15, 0.2) is 5.96 Å². The summed E-state index contributed by atoms with van der Waals surface area (Å²) in [7, 11) is 3.34. The summed E-state index contributed by atoms with van der Waals surface area (Å²) in [6.45, 7) is 2.84. The number of aliphatic imine (C=N–C) groups is 1. The molecule has 0 spiro atoms. The molecule has 1 aromatic heterocycles. The quantitative estimate of drug-likeness (QED) is 0.320. The van der Waals surface area contributed by atoms with Gasteiger partial charge >= 0.3 is 0 Å². The minimum atomic E-state index is -0.165. The van der Waals surface area contributed by atoms with Crippen molar-refractivity contribution in [3.8, 4) is 5.75 Å². The number of carbonyl (C=O) groups excluding carboxylic acids is 1. The zero-order valence-electron chi connectivity index (χ0n) is 15.8. The summed E-state index contributed by atoms with van der Waals surface area (Å²) in [6.07, 6.45) is 4.04. The highest BCUT2D eigenvalue weighted by Gasteiger charge is 2.06. The number of nitrogens with one attached hydrogen (secondary N) is 3. The second kappa shape index (κ2) is 12.1. The maximum atomic E-state index is 11.9. The molecule has 1 aromatic carbocycles. The molecule has 0 aliphatic carbocycles. The number of aryl methyl sites for hydroxylation is 1. The predicted molar refractivity (Wildman–Crippen MR) is 119 cm³/mol. The molecule has 1 heterocycles. The van der Waals surface area contributed by atoms with E-state index in [4.69, 9.17) is 4.74 Å². The van der Waals surface area contributed by atoms with Crippen molar-refractivity contribution < 1.29 is 9.53 Å². The van der Waals surface area contributed by atoms with Crippen molar-refractivity contribution in [2.45, 2.75) is 13.3 Å². The van der Waals surface area contributed by atoms with Gasteiger partial charge in [-0.05, 0) is 37.1 Å². The van der Waals surface area contributed by atoms with E-state index in [0.29, 0.717) is 18.2 Å². The number of guanidine groups is 1. The molecule has 2 aromatic rings. The van der Waals surface area contributed by atoms with Crippen LogP contribution in [0.3, 0.4) is 0 Å². The number of anilines is 1. The minimum absolute atomic E-state index is 0. The van der Waals surface area contributed by atoms with Gasteiger partial charge in [-0.1, -0.05) is 17.7 Å². The molecule has 8 heteroatoms. The SMILES string of the molecule is CN=C(NCCc1cc(C)ccc1OC)NCC(=O)Nc1cccnc1.I. The van der Waals surface area contributed by atoms with Gasteiger partial charge < -0.3 is 20.7 Å². The molecule has 0 bridgehead atoms. The lowest BCUT2D eigenvalue weighted by molar-refractivity contribution is -0.115. The fourth-order valence-corrected chi connectivity index (χ4v) is 2.44. The van der Waals surface area contributed by atoms with E-state index in [-0.39, 0.29) is 36.4 Å². The number of benzene rings is 1. The van der Waals surface area contributed by atoms with Gasteiger partial charge in [-0.15, -0.1) is 24.0 Å². The lowest BCUT2D eigenvalue weighted by Gasteiger charge is -2.13. The first-order valence-corrected chi connectivity index (χ1v) is 8.40. The monoisotopic (exact) mass is 483 g/mol. The first-order chi connectivity index (χ1) is 12.6. The molecule has 0 atom stereocenters. The number of carbonyl (C=O) groups is 1. The molecule has 1 amide bonds. The molecule has 7 nitrogen and oxygen atoms in total. The van der Waals surface area contributed by atoms with Crippen LogP contribution in [0.4, 0.5) is 5.69 Å². The van der Waals surface area contributed by atoms with E-state index in [0.717, 1.165) is 17.7 Å². The molecule has 0 saturated carbocycles. The fourth-order valence-electron chi connectivity index (χ4n) is 2.44. The number of hydrogen-bond donors (Lipinski definition) is 3. The number of methoxy groups -OCH3 is 1. The Morgan fingerprint density at radius 2 is 2.07 bits per heavy atom. The van der Waals surface area contributed by atoms with E-state index in [1.807, 2.05) is 12.1 Å². The van der Waals surface area contributed by atoms with E-state index >= 15 is 0 Å². The van der Waals surface area contributed by atoms with Crippen LogP contribution in [-0.4, -0.2) is 44.1 Å². The second-order valence-corrected chi connectivity index (χ2v) is 5.71. The Morgan fingerprint density at radius 3 is 2.74 bits per heavy atom. The second-order valence-electron chi connectivity index (χ2n) is 5.71. The highest BCUT2D eigenvalue weighted by Crippen LogP contribution is 2.19. The smallest absolute Gasteiger partial charge is 0.243 e. The Kier molecular flexibility index (Phi) is 10.2. The average molecular weight is 483 g/mol. The number of aromatic nitrogens is 1. The minimum Gasteiger partial charge on any atom is -0.496 e. The van der Waals surface area contributed by atoms with Crippen molar-refractivity contribution in [2.75, 3.05) is 32.6 Å².